The van der Waals surface area contributed by atoms with Gasteiger partial charge < -0.3 is 9.88 Å². The van der Waals surface area contributed by atoms with Crippen LogP contribution in [0.1, 0.15) is 31.5 Å². The molecule has 1 N–H and O–H groups in total. The second-order valence-electron chi connectivity index (χ2n) is 4.42. The second-order valence-corrected chi connectivity index (χ2v) is 4.42. The summed E-state index contributed by atoms with van der Waals surface area (Å²) in [5.74, 6) is 0. The van der Waals surface area contributed by atoms with Gasteiger partial charge in [0, 0.05) is 31.0 Å². The van der Waals surface area contributed by atoms with Crippen molar-refractivity contribution >= 4 is 0 Å². The van der Waals surface area contributed by atoms with Crippen molar-refractivity contribution in [1.29, 1.82) is 0 Å². The lowest BCUT2D eigenvalue weighted by molar-refractivity contribution is 0.658. The lowest BCUT2D eigenvalue weighted by Gasteiger charge is -1.99. The average Bonchev–Trinajstić information content (AvgIpc) is 3.00. The van der Waals surface area contributed by atoms with Gasteiger partial charge in [-0.15, -0.1) is 0 Å². The number of rotatable bonds is 7. The first kappa shape index (κ1) is 12.8. The molecule has 2 rings (SSSR count). The number of aromatic nitrogens is 4. The van der Waals surface area contributed by atoms with Crippen molar-refractivity contribution in [2.75, 3.05) is 6.54 Å². The molecule has 0 saturated carbocycles. The number of nitrogens with zero attached hydrogens (tertiary/aromatic N) is 4. The predicted octanol–water partition coefficient (Wildman–Crippen LogP) is 1.65. The highest BCUT2D eigenvalue weighted by molar-refractivity contribution is 5.06. The van der Waals surface area contributed by atoms with Gasteiger partial charge >= 0.3 is 0 Å². The summed E-state index contributed by atoms with van der Waals surface area (Å²) < 4.78 is 4.04. The third kappa shape index (κ3) is 3.43. The zero-order valence-corrected chi connectivity index (χ0v) is 11.1. The molecule has 0 aliphatic carbocycles. The average molecular weight is 247 g/mol. The fraction of sp³-hybridized carbons (Fsp3) is 0.538. The van der Waals surface area contributed by atoms with E-state index >= 15 is 0 Å². The molecule has 0 amide bonds. The van der Waals surface area contributed by atoms with E-state index < -0.39 is 0 Å². The first-order chi connectivity index (χ1) is 8.81. The maximum atomic E-state index is 4.38. The van der Waals surface area contributed by atoms with Crippen molar-refractivity contribution in [3.05, 3.63) is 36.2 Å². The molecule has 0 fully saturated rings. The summed E-state index contributed by atoms with van der Waals surface area (Å²) in [4.78, 5) is 4.38. The Kier molecular flexibility index (Phi) is 4.52. The van der Waals surface area contributed by atoms with Crippen LogP contribution in [-0.4, -0.2) is 25.9 Å². The molecule has 2 aromatic heterocycles. The zero-order chi connectivity index (χ0) is 12.8. The number of hydrogen-bond acceptors (Lipinski definition) is 3. The van der Waals surface area contributed by atoms with Gasteiger partial charge in [-0.1, -0.05) is 6.92 Å². The van der Waals surface area contributed by atoms with Gasteiger partial charge in [0.25, 0.3) is 0 Å². The van der Waals surface area contributed by atoms with E-state index in [9.17, 15) is 0 Å². The summed E-state index contributed by atoms with van der Waals surface area (Å²) in [7, 11) is 0. The molecule has 5 nitrogen and oxygen atoms in total. The molecule has 2 aromatic rings. The van der Waals surface area contributed by atoms with E-state index in [0.29, 0.717) is 0 Å². The molecule has 0 aromatic carbocycles. The molecule has 18 heavy (non-hydrogen) atoms. The summed E-state index contributed by atoms with van der Waals surface area (Å²) in [5.41, 5.74) is 2.30. The highest BCUT2D eigenvalue weighted by Gasteiger charge is 2.01. The minimum atomic E-state index is 0.834. The van der Waals surface area contributed by atoms with Gasteiger partial charge in [-0.2, -0.15) is 5.10 Å². The Bertz CT molecular complexity index is 471. The molecular formula is C13H21N5. The molecule has 0 atom stereocenters. The van der Waals surface area contributed by atoms with Gasteiger partial charge in [-0.05, 0) is 19.9 Å². The van der Waals surface area contributed by atoms with E-state index in [-0.39, 0.29) is 0 Å². The zero-order valence-electron chi connectivity index (χ0n) is 11.1. The van der Waals surface area contributed by atoms with Crippen molar-refractivity contribution in [3.8, 4) is 0 Å². The lowest BCUT2D eigenvalue weighted by Crippen LogP contribution is -2.13. The number of hydrogen-bond donors (Lipinski definition) is 1. The maximum absolute atomic E-state index is 4.38. The molecule has 0 radical (unpaired) electrons. The minimum Gasteiger partial charge on any atom is -0.333 e. The van der Waals surface area contributed by atoms with Crippen LogP contribution in [0.3, 0.4) is 0 Å². The Labute approximate surface area is 108 Å². The van der Waals surface area contributed by atoms with Gasteiger partial charge in [0.05, 0.1) is 24.8 Å². The van der Waals surface area contributed by atoms with Gasteiger partial charge in [0.15, 0.2) is 0 Å². The van der Waals surface area contributed by atoms with E-state index in [2.05, 4.69) is 46.2 Å². The van der Waals surface area contributed by atoms with Crippen LogP contribution in [0.5, 0.6) is 0 Å². The third-order valence-corrected chi connectivity index (χ3v) is 2.80. The molecule has 0 bridgehead atoms. The van der Waals surface area contributed by atoms with Gasteiger partial charge in [-0.3, -0.25) is 4.68 Å². The van der Waals surface area contributed by atoms with Crippen molar-refractivity contribution in [2.45, 2.75) is 39.9 Å². The quantitative estimate of drug-likeness (QED) is 0.757. The second kappa shape index (κ2) is 6.35. The molecule has 5 heteroatoms. The van der Waals surface area contributed by atoms with E-state index in [0.717, 1.165) is 38.3 Å². The predicted molar refractivity (Wildman–Crippen MR) is 71.2 cm³/mol. The molecule has 98 valence electrons. The number of aryl methyl sites for hydroxylation is 1. The molecule has 0 aliphatic heterocycles. The number of nitrogens with one attached hydrogen (secondary N) is 1. The largest absolute Gasteiger partial charge is 0.333 e. The monoisotopic (exact) mass is 247 g/mol. The minimum absolute atomic E-state index is 0.834. The molecule has 0 aliphatic rings. The first-order valence-corrected chi connectivity index (χ1v) is 6.54. The van der Waals surface area contributed by atoms with Gasteiger partial charge in [0.2, 0.25) is 0 Å². The maximum Gasteiger partial charge on any atom is 0.0953 e. The Balaban J connectivity index is 1.89. The number of imidazole rings is 1. The smallest absolute Gasteiger partial charge is 0.0953 e. The fourth-order valence-corrected chi connectivity index (χ4v) is 1.85. The highest BCUT2D eigenvalue weighted by Crippen LogP contribution is 2.03. The van der Waals surface area contributed by atoms with Crippen LogP contribution in [0.2, 0.25) is 0 Å². The summed E-state index contributed by atoms with van der Waals surface area (Å²) in [6.07, 6.45) is 9.11. The normalized spacial score (nSPS) is 11.0. The highest BCUT2D eigenvalue weighted by atomic mass is 15.3. The van der Waals surface area contributed by atoms with Crippen LogP contribution in [0, 0.1) is 0 Å². The van der Waals surface area contributed by atoms with Crippen LogP contribution in [0.25, 0.3) is 0 Å². The SMILES string of the molecule is CCCNCc1cn(Cc2cnn(CC)c2)cn1. The van der Waals surface area contributed by atoms with E-state index in [1.807, 2.05) is 17.2 Å². The van der Waals surface area contributed by atoms with Crippen LogP contribution >= 0.6 is 0 Å². The van der Waals surface area contributed by atoms with Gasteiger partial charge in [0.1, 0.15) is 0 Å². The molecule has 0 spiro atoms. The molecular weight excluding hydrogens is 226 g/mol. The summed E-state index contributed by atoms with van der Waals surface area (Å²) in [6.45, 7) is 7.88. The van der Waals surface area contributed by atoms with Crippen molar-refractivity contribution in [2.24, 2.45) is 0 Å². The summed E-state index contributed by atoms with van der Waals surface area (Å²) in [5, 5.41) is 7.62. The van der Waals surface area contributed by atoms with E-state index in [1.165, 1.54) is 5.56 Å². The van der Waals surface area contributed by atoms with Crippen LogP contribution < -0.4 is 5.32 Å². The molecule has 0 saturated heterocycles. The Hall–Kier alpha value is -1.62. The topological polar surface area (TPSA) is 47.7 Å². The summed E-state index contributed by atoms with van der Waals surface area (Å²) in [6, 6.07) is 0. The van der Waals surface area contributed by atoms with E-state index in [1.54, 1.807) is 0 Å². The summed E-state index contributed by atoms with van der Waals surface area (Å²) >= 11 is 0. The van der Waals surface area contributed by atoms with Gasteiger partial charge in [-0.25, -0.2) is 4.98 Å². The Morgan fingerprint density at radius 2 is 2.17 bits per heavy atom. The van der Waals surface area contributed by atoms with E-state index in [4.69, 9.17) is 0 Å². The van der Waals surface area contributed by atoms with Crippen molar-refractivity contribution < 1.29 is 0 Å². The Morgan fingerprint density at radius 1 is 1.28 bits per heavy atom. The third-order valence-electron chi connectivity index (χ3n) is 2.80. The standard InChI is InChI=1S/C13H21N5/c1-3-5-14-7-13-10-17(11-15-13)8-12-6-16-18(4-2)9-12/h6,9-11,14H,3-5,7-8H2,1-2H3. The lowest BCUT2D eigenvalue weighted by atomic mass is 10.3. The Morgan fingerprint density at radius 3 is 2.89 bits per heavy atom. The van der Waals surface area contributed by atoms with Crippen molar-refractivity contribution in [1.82, 2.24) is 24.6 Å². The fourth-order valence-electron chi connectivity index (χ4n) is 1.85. The molecule has 2 heterocycles. The molecule has 0 unspecified atom stereocenters. The first-order valence-electron chi connectivity index (χ1n) is 6.54. The van der Waals surface area contributed by atoms with Crippen LogP contribution in [0.4, 0.5) is 0 Å². The van der Waals surface area contributed by atoms with Crippen LogP contribution in [0.15, 0.2) is 24.9 Å². The van der Waals surface area contributed by atoms with Crippen molar-refractivity contribution in [3.63, 3.8) is 0 Å². The van der Waals surface area contributed by atoms with Crippen LogP contribution in [-0.2, 0) is 19.6 Å².